The first kappa shape index (κ1) is 21.0. The summed E-state index contributed by atoms with van der Waals surface area (Å²) in [5, 5.41) is 19.1. The van der Waals surface area contributed by atoms with Crippen molar-refractivity contribution >= 4 is 29.9 Å². The van der Waals surface area contributed by atoms with Crippen molar-refractivity contribution in [3.8, 4) is 0 Å². The van der Waals surface area contributed by atoms with Gasteiger partial charge >= 0.3 is 0 Å². The summed E-state index contributed by atoms with van der Waals surface area (Å²) in [5.41, 5.74) is 0. The van der Waals surface area contributed by atoms with Crippen molar-refractivity contribution in [1.82, 2.24) is 40.2 Å². The van der Waals surface area contributed by atoms with Crippen molar-refractivity contribution in [2.75, 3.05) is 13.1 Å². The van der Waals surface area contributed by atoms with Gasteiger partial charge in [-0.15, -0.1) is 34.2 Å². The zero-order valence-electron chi connectivity index (χ0n) is 16.6. The van der Waals surface area contributed by atoms with Gasteiger partial charge in [0.05, 0.1) is 0 Å². The Hall–Kier alpha value is -1.72. The summed E-state index contributed by atoms with van der Waals surface area (Å²) in [4.78, 5) is 11.6. The Morgan fingerprint density at radius 2 is 1.96 bits per heavy atom. The number of piperidine rings is 1. The highest BCUT2D eigenvalue weighted by Crippen LogP contribution is 2.25. The number of halogens is 1. The van der Waals surface area contributed by atoms with E-state index in [4.69, 9.17) is 4.99 Å². The van der Waals surface area contributed by atoms with E-state index in [1.165, 1.54) is 25.7 Å². The Morgan fingerprint density at radius 1 is 1.21 bits per heavy atom. The summed E-state index contributed by atoms with van der Waals surface area (Å²) >= 11 is 0. The van der Waals surface area contributed by atoms with Crippen molar-refractivity contribution in [2.24, 2.45) is 12.0 Å². The molecule has 0 amide bonds. The number of likely N-dealkylation sites (tertiary alicyclic amines) is 1. The number of guanidine groups is 1. The van der Waals surface area contributed by atoms with Crippen LogP contribution in [0.4, 0.5) is 0 Å². The fraction of sp³-hybridized carbons (Fsp3) is 0.722. The Kier molecular flexibility index (Phi) is 7.24. The average molecular weight is 499 g/mol. The van der Waals surface area contributed by atoms with E-state index in [0.29, 0.717) is 18.5 Å². The fourth-order valence-electron chi connectivity index (χ4n) is 4.00. The third-order valence-electron chi connectivity index (χ3n) is 5.86. The normalized spacial score (nSPS) is 19.1. The van der Waals surface area contributed by atoms with E-state index in [0.717, 1.165) is 49.4 Å². The smallest absolute Gasteiger partial charge is 0.194 e. The second kappa shape index (κ2) is 9.66. The zero-order valence-corrected chi connectivity index (χ0v) is 19.0. The molecule has 0 bridgehead atoms. The van der Waals surface area contributed by atoms with Crippen molar-refractivity contribution in [1.29, 1.82) is 0 Å². The Balaban J connectivity index is 0.00000225. The summed E-state index contributed by atoms with van der Waals surface area (Å²) in [6.45, 7) is 4.46. The minimum absolute atomic E-state index is 0. The van der Waals surface area contributed by atoms with Gasteiger partial charge in [-0.2, -0.15) is 5.10 Å². The van der Waals surface area contributed by atoms with E-state index >= 15 is 0 Å². The van der Waals surface area contributed by atoms with Gasteiger partial charge in [-0.1, -0.05) is 12.8 Å². The number of rotatable bonds is 4. The van der Waals surface area contributed by atoms with Crippen LogP contribution in [0.2, 0.25) is 0 Å². The van der Waals surface area contributed by atoms with Crippen LogP contribution in [0.25, 0.3) is 0 Å². The molecule has 1 aliphatic heterocycles. The molecule has 154 valence electrons. The van der Waals surface area contributed by atoms with Crippen LogP contribution in [0.3, 0.4) is 0 Å². The molecule has 3 heterocycles. The highest BCUT2D eigenvalue weighted by Gasteiger charge is 2.26. The lowest BCUT2D eigenvalue weighted by atomic mass is 9.96. The standard InChI is InChI=1S/C18H29N9.HI/c1-13-23-24-16(26(13)2)11-19-18(22-15-5-3-4-6-15)27-9-7-14(8-10-27)17-20-12-21-25-17;/h12,14-15H,3-11H2,1-2H3,(H,19,22)(H,20,21,25);1H. The molecule has 10 heteroatoms. The SMILES string of the molecule is Cc1nnc(CN=C(NC2CCCC2)N2CCC(c3ncn[nH]3)CC2)n1C.I. The van der Waals surface area contributed by atoms with E-state index in [2.05, 4.69) is 35.6 Å². The van der Waals surface area contributed by atoms with Gasteiger partial charge in [0.1, 0.15) is 24.5 Å². The number of aromatic amines is 1. The van der Waals surface area contributed by atoms with Gasteiger partial charge in [0, 0.05) is 32.1 Å². The summed E-state index contributed by atoms with van der Waals surface area (Å²) in [6, 6.07) is 0.539. The van der Waals surface area contributed by atoms with Crippen molar-refractivity contribution in [3.05, 3.63) is 23.8 Å². The molecule has 2 aromatic heterocycles. The molecule has 0 aromatic carbocycles. The van der Waals surface area contributed by atoms with Gasteiger partial charge in [-0.25, -0.2) is 9.98 Å². The van der Waals surface area contributed by atoms with Crippen LogP contribution in [-0.2, 0) is 13.6 Å². The summed E-state index contributed by atoms with van der Waals surface area (Å²) in [6.07, 6.45) is 8.79. The Morgan fingerprint density at radius 3 is 2.57 bits per heavy atom. The van der Waals surface area contributed by atoms with Crippen molar-refractivity contribution < 1.29 is 0 Å². The second-order valence-electron chi connectivity index (χ2n) is 7.62. The van der Waals surface area contributed by atoms with Crippen LogP contribution in [0, 0.1) is 6.92 Å². The van der Waals surface area contributed by atoms with Crippen molar-refractivity contribution in [3.63, 3.8) is 0 Å². The highest BCUT2D eigenvalue weighted by molar-refractivity contribution is 14.0. The van der Waals surface area contributed by atoms with E-state index in [9.17, 15) is 0 Å². The fourth-order valence-corrected chi connectivity index (χ4v) is 4.00. The van der Waals surface area contributed by atoms with Crippen LogP contribution < -0.4 is 5.32 Å². The molecule has 2 aromatic rings. The van der Waals surface area contributed by atoms with Crippen LogP contribution >= 0.6 is 24.0 Å². The lowest BCUT2D eigenvalue weighted by Crippen LogP contribution is -2.48. The molecule has 0 unspecified atom stereocenters. The van der Waals surface area contributed by atoms with Crippen LogP contribution in [0.1, 0.15) is 61.9 Å². The number of aliphatic imine (C=N–C) groups is 1. The quantitative estimate of drug-likeness (QED) is 0.380. The van der Waals surface area contributed by atoms with Gasteiger partial charge in [0.2, 0.25) is 0 Å². The molecular formula is C18H30IN9. The first-order valence-electron chi connectivity index (χ1n) is 9.97. The summed E-state index contributed by atoms with van der Waals surface area (Å²) in [7, 11) is 1.99. The number of aryl methyl sites for hydroxylation is 1. The predicted molar refractivity (Wildman–Crippen MR) is 118 cm³/mol. The molecule has 2 fully saturated rings. The monoisotopic (exact) mass is 499 g/mol. The third-order valence-corrected chi connectivity index (χ3v) is 5.86. The van der Waals surface area contributed by atoms with Gasteiger partial charge in [-0.05, 0) is 32.6 Å². The maximum atomic E-state index is 4.92. The second-order valence-corrected chi connectivity index (χ2v) is 7.62. The van der Waals surface area contributed by atoms with E-state index in [1.807, 2.05) is 18.5 Å². The minimum Gasteiger partial charge on any atom is -0.353 e. The molecule has 0 spiro atoms. The Labute approximate surface area is 182 Å². The molecule has 2 N–H and O–H groups in total. The number of hydrogen-bond donors (Lipinski definition) is 2. The average Bonchev–Trinajstić information content (AvgIpc) is 3.44. The lowest BCUT2D eigenvalue weighted by molar-refractivity contribution is 0.295. The minimum atomic E-state index is 0. The number of aromatic nitrogens is 6. The number of nitrogens with one attached hydrogen (secondary N) is 2. The van der Waals surface area contributed by atoms with Gasteiger partial charge < -0.3 is 14.8 Å². The van der Waals surface area contributed by atoms with Gasteiger partial charge in [0.25, 0.3) is 0 Å². The largest absolute Gasteiger partial charge is 0.353 e. The third kappa shape index (κ3) is 4.81. The van der Waals surface area contributed by atoms with Crippen LogP contribution in [-0.4, -0.2) is 59.9 Å². The molecule has 9 nitrogen and oxygen atoms in total. The van der Waals surface area contributed by atoms with E-state index < -0.39 is 0 Å². The number of nitrogens with zero attached hydrogens (tertiary/aromatic N) is 7. The first-order valence-corrected chi connectivity index (χ1v) is 9.97. The van der Waals surface area contributed by atoms with Crippen LogP contribution in [0.15, 0.2) is 11.3 Å². The van der Waals surface area contributed by atoms with E-state index in [1.54, 1.807) is 6.33 Å². The maximum Gasteiger partial charge on any atom is 0.194 e. The Bertz CT molecular complexity index is 756. The highest BCUT2D eigenvalue weighted by atomic mass is 127. The van der Waals surface area contributed by atoms with E-state index in [-0.39, 0.29) is 24.0 Å². The van der Waals surface area contributed by atoms with Crippen molar-refractivity contribution in [2.45, 2.75) is 64.0 Å². The number of hydrogen-bond acceptors (Lipinski definition) is 5. The summed E-state index contributed by atoms with van der Waals surface area (Å²) < 4.78 is 2.01. The van der Waals surface area contributed by atoms with Gasteiger partial charge in [0.15, 0.2) is 11.8 Å². The summed E-state index contributed by atoms with van der Waals surface area (Å²) in [5.74, 6) is 4.29. The molecule has 2 aliphatic rings. The van der Waals surface area contributed by atoms with Crippen LogP contribution in [0.5, 0.6) is 0 Å². The lowest BCUT2D eigenvalue weighted by Gasteiger charge is -2.34. The maximum absolute atomic E-state index is 4.92. The molecule has 1 saturated heterocycles. The molecule has 4 rings (SSSR count). The molecule has 1 aliphatic carbocycles. The zero-order chi connectivity index (χ0) is 18.6. The molecule has 0 radical (unpaired) electrons. The molecule has 0 atom stereocenters. The number of H-pyrrole nitrogens is 1. The predicted octanol–water partition coefficient (Wildman–Crippen LogP) is 2.13. The molecule has 1 saturated carbocycles. The van der Waals surface area contributed by atoms with Gasteiger partial charge in [-0.3, -0.25) is 5.10 Å². The molecule has 28 heavy (non-hydrogen) atoms. The first-order chi connectivity index (χ1) is 13.2. The topological polar surface area (TPSA) is 99.9 Å². The molecular weight excluding hydrogens is 469 g/mol.